The number of aromatic hydroxyl groups is 1. The van der Waals surface area contributed by atoms with E-state index in [0.717, 1.165) is 18.4 Å². The van der Waals surface area contributed by atoms with Crippen molar-refractivity contribution in [2.24, 2.45) is 5.92 Å². The summed E-state index contributed by atoms with van der Waals surface area (Å²) in [5, 5.41) is 19.1. The Kier molecular flexibility index (Phi) is 4.10. The first-order valence-corrected chi connectivity index (χ1v) is 6.75. The second-order valence-electron chi connectivity index (χ2n) is 5.43. The minimum absolute atomic E-state index is 0.00922. The number of carbonyl (C=O) groups is 1. The molecule has 2 N–H and O–H groups in total. The van der Waals surface area contributed by atoms with Crippen molar-refractivity contribution in [3.8, 4) is 5.75 Å². The first-order valence-electron chi connectivity index (χ1n) is 6.75. The summed E-state index contributed by atoms with van der Waals surface area (Å²) in [4.78, 5) is 14.3. The minimum Gasteiger partial charge on any atom is -0.508 e. The largest absolute Gasteiger partial charge is 0.508 e. The first-order chi connectivity index (χ1) is 9.02. The Morgan fingerprint density at radius 2 is 2.16 bits per heavy atom. The summed E-state index contributed by atoms with van der Waals surface area (Å²) in [7, 11) is 0. The molecule has 1 aliphatic rings. The summed E-state index contributed by atoms with van der Waals surface area (Å²) in [5.41, 5.74) is 1.35. The molecule has 0 bridgehead atoms. The van der Waals surface area contributed by atoms with Gasteiger partial charge in [-0.1, -0.05) is 6.92 Å². The zero-order valence-electron chi connectivity index (χ0n) is 11.5. The van der Waals surface area contributed by atoms with Crippen LogP contribution in [0.1, 0.15) is 35.7 Å². The van der Waals surface area contributed by atoms with E-state index in [-0.39, 0.29) is 24.3 Å². The van der Waals surface area contributed by atoms with Crippen LogP contribution in [0.5, 0.6) is 5.75 Å². The van der Waals surface area contributed by atoms with E-state index in [1.807, 2.05) is 6.92 Å². The topological polar surface area (TPSA) is 60.8 Å². The minimum atomic E-state index is -0.121. The molecule has 0 radical (unpaired) electrons. The van der Waals surface area contributed by atoms with Crippen LogP contribution >= 0.6 is 0 Å². The number of piperidine rings is 1. The molecule has 1 aliphatic heterocycles. The molecule has 0 aliphatic carbocycles. The van der Waals surface area contributed by atoms with Crippen molar-refractivity contribution in [2.45, 2.75) is 32.7 Å². The normalized spacial score (nSPS) is 23.4. The molecule has 1 aromatic rings. The van der Waals surface area contributed by atoms with E-state index >= 15 is 0 Å². The highest BCUT2D eigenvalue weighted by Gasteiger charge is 2.31. The lowest BCUT2D eigenvalue weighted by Gasteiger charge is -2.39. The first kappa shape index (κ1) is 13.9. The third-order valence-electron chi connectivity index (χ3n) is 3.87. The fourth-order valence-electron chi connectivity index (χ4n) is 2.83. The molecule has 104 valence electrons. The Morgan fingerprint density at radius 3 is 2.79 bits per heavy atom. The summed E-state index contributed by atoms with van der Waals surface area (Å²) < 4.78 is 0. The van der Waals surface area contributed by atoms with Crippen LogP contribution in [0.15, 0.2) is 18.2 Å². The summed E-state index contributed by atoms with van der Waals surface area (Å²) in [6, 6.07) is 4.77. The van der Waals surface area contributed by atoms with Gasteiger partial charge < -0.3 is 15.1 Å². The van der Waals surface area contributed by atoms with Gasteiger partial charge in [0.15, 0.2) is 0 Å². The summed E-state index contributed by atoms with van der Waals surface area (Å²) in [6.45, 7) is 4.57. The van der Waals surface area contributed by atoms with Gasteiger partial charge in [0.2, 0.25) is 0 Å². The molecule has 2 rings (SSSR count). The van der Waals surface area contributed by atoms with Crippen molar-refractivity contribution in [1.29, 1.82) is 0 Å². The van der Waals surface area contributed by atoms with Crippen LogP contribution in [0.25, 0.3) is 0 Å². The van der Waals surface area contributed by atoms with E-state index in [2.05, 4.69) is 6.92 Å². The summed E-state index contributed by atoms with van der Waals surface area (Å²) in [5.74, 6) is 0.305. The molecule has 4 heteroatoms. The molecular weight excluding hydrogens is 242 g/mol. The molecule has 0 aromatic heterocycles. The van der Waals surface area contributed by atoms with Crippen molar-refractivity contribution < 1.29 is 15.0 Å². The Bertz CT molecular complexity index is 452. The quantitative estimate of drug-likeness (QED) is 0.857. The number of phenols is 1. The Balaban J connectivity index is 2.26. The van der Waals surface area contributed by atoms with Gasteiger partial charge in [0.05, 0.1) is 12.6 Å². The smallest absolute Gasteiger partial charge is 0.254 e. The standard InChI is InChI=1S/C15H21NO3/c1-10-6-12(8-13(18)7-10)15(19)16-5-3-4-11(2)14(16)9-17/h6-8,11,14,17-18H,3-5,9H2,1-2H3. The number of amides is 1. The number of carbonyl (C=O) groups excluding carboxylic acids is 1. The molecular formula is C15H21NO3. The van der Waals surface area contributed by atoms with Crippen molar-refractivity contribution in [3.63, 3.8) is 0 Å². The number of hydrogen-bond donors (Lipinski definition) is 2. The molecule has 1 heterocycles. The van der Waals surface area contributed by atoms with Gasteiger partial charge in [0, 0.05) is 12.1 Å². The van der Waals surface area contributed by atoms with Crippen molar-refractivity contribution in [3.05, 3.63) is 29.3 Å². The third kappa shape index (κ3) is 2.89. The fourth-order valence-corrected chi connectivity index (χ4v) is 2.83. The van der Waals surface area contributed by atoms with Gasteiger partial charge in [-0.3, -0.25) is 4.79 Å². The second-order valence-corrected chi connectivity index (χ2v) is 5.43. The van der Waals surface area contributed by atoms with Gasteiger partial charge >= 0.3 is 0 Å². The fraction of sp³-hybridized carbons (Fsp3) is 0.533. The number of phenolic OH excluding ortho intramolecular Hbond substituents is 1. The van der Waals surface area contributed by atoms with Crippen LogP contribution in [-0.4, -0.2) is 40.2 Å². The summed E-state index contributed by atoms with van der Waals surface area (Å²) >= 11 is 0. The van der Waals surface area contributed by atoms with E-state index in [1.165, 1.54) is 6.07 Å². The highest BCUT2D eigenvalue weighted by molar-refractivity contribution is 5.95. The Hall–Kier alpha value is -1.55. The van der Waals surface area contributed by atoms with Gasteiger partial charge in [0.1, 0.15) is 5.75 Å². The summed E-state index contributed by atoms with van der Waals surface area (Å²) in [6.07, 6.45) is 2.00. The Labute approximate surface area is 113 Å². The van der Waals surface area contributed by atoms with Crippen molar-refractivity contribution in [1.82, 2.24) is 4.90 Å². The lowest BCUT2D eigenvalue weighted by Crippen LogP contribution is -2.49. The number of hydrogen-bond acceptors (Lipinski definition) is 3. The molecule has 1 fully saturated rings. The molecule has 2 atom stereocenters. The molecule has 19 heavy (non-hydrogen) atoms. The number of likely N-dealkylation sites (tertiary alicyclic amines) is 1. The average molecular weight is 263 g/mol. The van der Waals surface area contributed by atoms with Crippen LogP contribution in [0.2, 0.25) is 0 Å². The van der Waals surface area contributed by atoms with Crippen LogP contribution in [-0.2, 0) is 0 Å². The van der Waals surface area contributed by atoms with Gasteiger partial charge in [-0.2, -0.15) is 0 Å². The lowest BCUT2D eigenvalue weighted by atomic mass is 9.90. The van der Waals surface area contributed by atoms with Gasteiger partial charge in [0.25, 0.3) is 5.91 Å². The Morgan fingerprint density at radius 1 is 1.42 bits per heavy atom. The maximum atomic E-state index is 12.5. The van der Waals surface area contributed by atoms with Gasteiger partial charge in [-0.25, -0.2) is 0 Å². The maximum absolute atomic E-state index is 12.5. The van der Waals surface area contributed by atoms with E-state index < -0.39 is 0 Å². The monoisotopic (exact) mass is 263 g/mol. The molecule has 1 amide bonds. The maximum Gasteiger partial charge on any atom is 0.254 e. The SMILES string of the molecule is Cc1cc(O)cc(C(=O)N2CCCC(C)C2CO)c1. The van der Waals surface area contributed by atoms with E-state index in [0.29, 0.717) is 18.0 Å². The van der Waals surface area contributed by atoms with Crippen LogP contribution < -0.4 is 0 Å². The van der Waals surface area contributed by atoms with Crippen molar-refractivity contribution in [2.75, 3.05) is 13.2 Å². The molecule has 0 saturated carbocycles. The highest BCUT2D eigenvalue weighted by atomic mass is 16.3. The molecule has 1 aromatic carbocycles. The number of aliphatic hydroxyl groups is 1. The number of aryl methyl sites for hydroxylation is 1. The molecule has 0 spiro atoms. The van der Waals surface area contributed by atoms with Crippen LogP contribution in [0.3, 0.4) is 0 Å². The molecule has 1 saturated heterocycles. The number of rotatable bonds is 2. The molecule has 4 nitrogen and oxygen atoms in total. The number of benzene rings is 1. The van der Waals surface area contributed by atoms with E-state index in [1.54, 1.807) is 17.0 Å². The van der Waals surface area contributed by atoms with Gasteiger partial charge in [-0.15, -0.1) is 0 Å². The van der Waals surface area contributed by atoms with E-state index in [9.17, 15) is 15.0 Å². The van der Waals surface area contributed by atoms with Crippen LogP contribution in [0, 0.1) is 12.8 Å². The van der Waals surface area contributed by atoms with E-state index in [4.69, 9.17) is 0 Å². The third-order valence-corrected chi connectivity index (χ3v) is 3.87. The number of nitrogens with zero attached hydrogens (tertiary/aromatic N) is 1. The predicted octanol–water partition coefficient (Wildman–Crippen LogP) is 1.93. The highest BCUT2D eigenvalue weighted by Crippen LogP contribution is 2.26. The predicted molar refractivity (Wildman–Crippen MR) is 73.2 cm³/mol. The zero-order valence-corrected chi connectivity index (χ0v) is 11.5. The molecule has 2 unspecified atom stereocenters. The van der Waals surface area contributed by atoms with Crippen molar-refractivity contribution >= 4 is 5.91 Å². The van der Waals surface area contributed by atoms with Crippen LogP contribution in [0.4, 0.5) is 0 Å². The lowest BCUT2D eigenvalue weighted by molar-refractivity contribution is 0.0358. The zero-order chi connectivity index (χ0) is 14.0. The second kappa shape index (κ2) is 5.61. The number of aliphatic hydroxyl groups excluding tert-OH is 1. The average Bonchev–Trinajstić information content (AvgIpc) is 2.36. The van der Waals surface area contributed by atoms with Gasteiger partial charge in [-0.05, 0) is 49.4 Å².